The van der Waals surface area contributed by atoms with Crippen molar-refractivity contribution >= 4 is 39.7 Å². The number of hydrogen-bond acceptors (Lipinski definition) is 7. The second kappa shape index (κ2) is 8.68. The highest BCUT2D eigenvalue weighted by molar-refractivity contribution is 6.08. The number of hydrogen-bond donors (Lipinski definition) is 1. The summed E-state index contributed by atoms with van der Waals surface area (Å²) in [4.78, 5) is 34.8. The van der Waals surface area contributed by atoms with Crippen molar-refractivity contribution in [3.63, 3.8) is 0 Å². The summed E-state index contributed by atoms with van der Waals surface area (Å²) in [6.45, 7) is 7.94. The minimum absolute atomic E-state index is 0.128. The molecule has 0 aliphatic heterocycles. The summed E-state index contributed by atoms with van der Waals surface area (Å²) in [5.41, 5.74) is 5.59. The highest BCUT2D eigenvalue weighted by Crippen LogP contribution is 2.27. The third-order valence-corrected chi connectivity index (χ3v) is 5.75. The Hall–Kier alpha value is -4.53. The summed E-state index contributed by atoms with van der Waals surface area (Å²) < 4.78 is 11.9. The van der Waals surface area contributed by atoms with E-state index < -0.39 is 11.9 Å². The van der Waals surface area contributed by atoms with Gasteiger partial charge in [-0.25, -0.2) is 14.8 Å². The monoisotopic (exact) mass is 469 g/mol. The van der Waals surface area contributed by atoms with Gasteiger partial charge < -0.3 is 14.5 Å². The van der Waals surface area contributed by atoms with E-state index in [1.165, 1.54) is 17.3 Å². The number of aryl methyl sites for hydroxylation is 3. The third-order valence-electron chi connectivity index (χ3n) is 5.75. The number of esters is 1. The van der Waals surface area contributed by atoms with Gasteiger partial charge in [0.2, 0.25) is 0 Å². The smallest absolute Gasteiger partial charge is 0.343 e. The molecule has 35 heavy (non-hydrogen) atoms. The molecule has 0 bridgehead atoms. The maximum Gasteiger partial charge on any atom is 0.343 e. The molecule has 1 N–H and O–H groups in total. The molecule has 2 aromatic carbocycles. The van der Waals surface area contributed by atoms with Crippen LogP contribution in [0.15, 0.2) is 53.4 Å². The van der Waals surface area contributed by atoms with Gasteiger partial charge in [0.15, 0.2) is 23.6 Å². The van der Waals surface area contributed by atoms with E-state index >= 15 is 0 Å². The molecular formula is C26H23N5O4. The number of nitrogens with one attached hydrogen (secondary N) is 1. The first kappa shape index (κ1) is 22.3. The largest absolute Gasteiger partial charge is 0.462 e. The Labute approximate surface area is 200 Å². The topological polar surface area (TPSA) is 112 Å². The Kier molecular flexibility index (Phi) is 5.52. The molecule has 1 amide bonds. The molecule has 0 fully saturated rings. The fourth-order valence-electron chi connectivity index (χ4n) is 4.12. The number of carbonyl (C=O) groups is 2. The number of nitrogens with zero attached hydrogens (tertiary/aromatic N) is 4. The molecule has 176 valence electrons. The van der Waals surface area contributed by atoms with Crippen LogP contribution in [0.5, 0.6) is 0 Å². The van der Waals surface area contributed by atoms with Crippen molar-refractivity contribution in [3.05, 3.63) is 76.8 Å². The lowest BCUT2D eigenvalue weighted by Crippen LogP contribution is -2.18. The van der Waals surface area contributed by atoms with E-state index in [0.29, 0.717) is 22.5 Å². The first-order chi connectivity index (χ1) is 16.9. The molecular weight excluding hydrogens is 446 g/mol. The number of benzene rings is 2. The van der Waals surface area contributed by atoms with Gasteiger partial charge in [-0.05, 0) is 69.2 Å². The van der Waals surface area contributed by atoms with Crippen LogP contribution in [0.3, 0.4) is 0 Å². The average Bonchev–Trinajstić information content (AvgIpc) is 3.46. The van der Waals surface area contributed by atoms with Gasteiger partial charge in [-0.1, -0.05) is 11.6 Å². The second-order valence-electron chi connectivity index (χ2n) is 8.30. The van der Waals surface area contributed by atoms with Crippen molar-refractivity contribution in [2.24, 2.45) is 0 Å². The second-order valence-corrected chi connectivity index (χ2v) is 8.30. The standard InChI is InChI=1S/C26H23N5O4/c1-5-34-26(33)19-12-28-31(22-10-15(3)18-9-14(2)8-16(4)23(18)29-22)24(19)30-25(32)17-6-7-21-20(11-17)27-13-35-21/h6-13H,5H2,1-4H3,(H,30,32). The Morgan fingerprint density at radius 2 is 1.91 bits per heavy atom. The number of aromatic nitrogens is 4. The Balaban J connectivity index is 1.62. The molecule has 0 aliphatic rings. The van der Waals surface area contributed by atoms with Crippen molar-refractivity contribution < 1.29 is 18.7 Å². The zero-order valence-corrected chi connectivity index (χ0v) is 19.7. The van der Waals surface area contributed by atoms with Crippen molar-refractivity contribution in [1.29, 1.82) is 0 Å². The highest BCUT2D eigenvalue weighted by Gasteiger charge is 2.23. The van der Waals surface area contributed by atoms with Gasteiger partial charge in [0.05, 0.1) is 18.3 Å². The predicted octanol–water partition coefficient (Wildman–Crippen LogP) is 4.92. The molecule has 9 heteroatoms. The van der Waals surface area contributed by atoms with E-state index in [9.17, 15) is 9.59 Å². The van der Waals surface area contributed by atoms with Crippen molar-refractivity contribution in [2.45, 2.75) is 27.7 Å². The first-order valence-corrected chi connectivity index (χ1v) is 11.1. The van der Waals surface area contributed by atoms with Crippen LogP contribution in [0.4, 0.5) is 5.82 Å². The molecule has 9 nitrogen and oxygen atoms in total. The molecule has 5 rings (SSSR count). The molecule has 0 saturated heterocycles. The number of oxazole rings is 1. The SMILES string of the molecule is CCOC(=O)c1cnn(-c2cc(C)c3cc(C)cc(C)c3n2)c1NC(=O)c1ccc2ocnc2c1. The molecule has 5 aromatic rings. The van der Waals surface area contributed by atoms with E-state index in [0.717, 1.165) is 27.6 Å². The van der Waals surface area contributed by atoms with Crippen molar-refractivity contribution in [2.75, 3.05) is 11.9 Å². The van der Waals surface area contributed by atoms with Crippen molar-refractivity contribution in [3.8, 4) is 5.82 Å². The molecule has 0 aliphatic carbocycles. The van der Waals surface area contributed by atoms with Gasteiger partial charge in [-0.3, -0.25) is 4.79 Å². The van der Waals surface area contributed by atoms with Crippen LogP contribution in [0.2, 0.25) is 0 Å². The van der Waals surface area contributed by atoms with Gasteiger partial charge in [0.25, 0.3) is 5.91 Å². The fourth-order valence-corrected chi connectivity index (χ4v) is 4.12. The summed E-state index contributed by atoms with van der Waals surface area (Å²) in [5.74, 6) is -0.388. The molecule has 3 heterocycles. The minimum atomic E-state index is -0.592. The quantitative estimate of drug-likeness (QED) is 0.364. The van der Waals surface area contributed by atoms with Gasteiger partial charge in [-0.2, -0.15) is 9.78 Å². The maximum absolute atomic E-state index is 13.2. The summed E-state index contributed by atoms with van der Waals surface area (Å²) in [7, 11) is 0. The van der Waals surface area contributed by atoms with Gasteiger partial charge in [-0.15, -0.1) is 0 Å². The summed E-state index contributed by atoms with van der Waals surface area (Å²) in [6, 6.07) is 10.9. The van der Waals surface area contributed by atoms with E-state index in [1.54, 1.807) is 25.1 Å². The van der Waals surface area contributed by atoms with Crippen LogP contribution < -0.4 is 5.32 Å². The molecule has 0 radical (unpaired) electrons. The Morgan fingerprint density at radius 1 is 1.09 bits per heavy atom. The zero-order valence-electron chi connectivity index (χ0n) is 19.7. The van der Waals surface area contributed by atoms with E-state index in [4.69, 9.17) is 14.1 Å². The van der Waals surface area contributed by atoms with E-state index in [2.05, 4.69) is 27.5 Å². The lowest BCUT2D eigenvalue weighted by molar-refractivity contribution is 0.0527. The highest BCUT2D eigenvalue weighted by atomic mass is 16.5. The number of fused-ring (bicyclic) bond motifs is 2. The Bertz CT molecular complexity index is 1620. The average molecular weight is 470 g/mol. The minimum Gasteiger partial charge on any atom is -0.462 e. The van der Waals surface area contributed by atoms with Gasteiger partial charge in [0, 0.05) is 10.9 Å². The predicted molar refractivity (Wildman–Crippen MR) is 131 cm³/mol. The van der Waals surface area contributed by atoms with Crippen molar-refractivity contribution in [1.82, 2.24) is 19.7 Å². The Morgan fingerprint density at radius 3 is 2.71 bits per heavy atom. The zero-order chi connectivity index (χ0) is 24.7. The van der Waals surface area contributed by atoms with Crippen LogP contribution in [0.25, 0.3) is 27.8 Å². The van der Waals surface area contributed by atoms with Crippen LogP contribution >= 0.6 is 0 Å². The van der Waals surface area contributed by atoms with Crippen LogP contribution in [-0.4, -0.2) is 38.2 Å². The number of pyridine rings is 1. The number of anilines is 1. The fraction of sp³-hybridized carbons (Fsp3) is 0.192. The molecule has 3 aromatic heterocycles. The van der Waals surface area contributed by atoms with Crippen LogP contribution in [-0.2, 0) is 4.74 Å². The number of carbonyl (C=O) groups excluding carboxylic acids is 2. The molecule has 0 atom stereocenters. The van der Waals surface area contributed by atoms with Crippen LogP contribution in [0.1, 0.15) is 44.3 Å². The van der Waals surface area contributed by atoms with Crippen LogP contribution in [0, 0.1) is 20.8 Å². The normalized spacial score (nSPS) is 11.2. The summed E-state index contributed by atoms with van der Waals surface area (Å²) in [5, 5.41) is 8.25. The summed E-state index contributed by atoms with van der Waals surface area (Å²) in [6.07, 6.45) is 2.69. The number of amides is 1. The number of rotatable bonds is 5. The summed E-state index contributed by atoms with van der Waals surface area (Å²) >= 11 is 0. The van der Waals surface area contributed by atoms with Gasteiger partial charge >= 0.3 is 5.97 Å². The lowest BCUT2D eigenvalue weighted by Gasteiger charge is -2.13. The maximum atomic E-state index is 13.2. The number of ether oxygens (including phenoxy) is 1. The molecule has 0 spiro atoms. The third kappa shape index (κ3) is 4.01. The molecule has 0 unspecified atom stereocenters. The van der Waals surface area contributed by atoms with E-state index in [1.807, 2.05) is 26.8 Å². The molecule has 0 saturated carbocycles. The van der Waals surface area contributed by atoms with Gasteiger partial charge in [0.1, 0.15) is 11.1 Å². The first-order valence-electron chi connectivity index (χ1n) is 11.1. The van der Waals surface area contributed by atoms with E-state index in [-0.39, 0.29) is 18.0 Å². The lowest BCUT2D eigenvalue weighted by atomic mass is 10.0.